The maximum atomic E-state index is 13.1. The molecule has 2 atom stereocenters. The molecule has 1 aliphatic rings. The minimum atomic E-state index is -0.118. The normalized spacial score (nSPS) is 18.9. The molecule has 4 aromatic rings. The highest BCUT2D eigenvalue weighted by molar-refractivity contribution is 7.21. The lowest BCUT2D eigenvalue weighted by molar-refractivity contribution is -0.00461. The van der Waals surface area contributed by atoms with Gasteiger partial charge in [0.25, 0.3) is 5.91 Å². The van der Waals surface area contributed by atoms with Gasteiger partial charge in [-0.25, -0.2) is 0 Å². The predicted molar refractivity (Wildman–Crippen MR) is 120 cm³/mol. The molecule has 1 aliphatic heterocycles. The molecule has 31 heavy (non-hydrogen) atoms. The van der Waals surface area contributed by atoms with Gasteiger partial charge in [0.15, 0.2) is 0 Å². The fraction of sp³-hybridized carbons (Fsp3) is 0.304. The average Bonchev–Trinajstić information content (AvgIpc) is 3.48. The molecular weight excluding hydrogens is 414 g/mol. The number of thiophene rings is 1. The molecule has 5 rings (SSSR count). The smallest absolute Gasteiger partial charge is 0.264 e. The molecule has 1 saturated heterocycles. The Morgan fingerprint density at radius 3 is 2.65 bits per heavy atom. The van der Waals surface area contributed by atoms with Gasteiger partial charge >= 0.3 is 0 Å². The number of aromatic amines is 1. The second-order valence-electron chi connectivity index (χ2n) is 7.70. The Kier molecular flexibility index (Phi) is 5.13. The quantitative estimate of drug-likeness (QED) is 0.502. The van der Waals surface area contributed by atoms with Crippen molar-refractivity contribution in [3.63, 3.8) is 0 Å². The van der Waals surface area contributed by atoms with Crippen LogP contribution in [0.25, 0.3) is 21.1 Å². The Morgan fingerprint density at radius 1 is 1.13 bits per heavy atom. The van der Waals surface area contributed by atoms with E-state index in [1.165, 1.54) is 11.3 Å². The highest BCUT2D eigenvalue weighted by Crippen LogP contribution is 2.36. The van der Waals surface area contributed by atoms with Gasteiger partial charge in [-0.15, -0.1) is 11.3 Å². The van der Waals surface area contributed by atoms with Gasteiger partial charge in [0.05, 0.1) is 15.1 Å². The third-order valence-electron chi connectivity index (χ3n) is 5.65. The lowest BCUT2D eigenvalue weighted by Gasteiger charge is -2.14. The molecule has 7 nitrogen and oxygen atoms in total. The summed E-state index contributed by atoms with van der Waals surface area (Å²) in [5, 5.41) is 1.09. The summed E-state index contributed by atoms with van der Waals surface area (Å²) in [5.41, 5.74) is 2.92. The summed E-state index contributed by atoms with van der Waals surface area (Å²) in [7, 11) is 3.29. The molecule has 1 N–H and O–H groups in total. The van der Waals surface area contributed by atoms with Crippen LogP contribution in [0.15, 0.2) is 42.6 Å². The minimum absolute atomic E-state index is 0.0419. The summed E-state index contributed by atoms with van der Waals surface area (Å²) < 4.78 is 18.0. The molecule has 1 fully saturated rings. The molecule has 0 saturated carbocycles. The standard InChI is InChI=1S/C23H23N3O4S/c1-13-8-14-9-15(4-5-16(14)25-13)30-18-6-7-24-17-10-21(31-22(17)18)23(27)26-11-19(28-2)20(12-26)29-3/h4-10,19-20,25H,11-12H2,1-3H3/t19-,20-/m1/s1. The summed E-state index contributed by atoms with van der Waals surface area (Å²) in [4.78, 5) is 23.3. The van der Waals surface area contributed by atoms with E-state index in [9.17, 15) is 4.79 Å². The number of aryl methyl sites for hydroxylation is 1. The number of ether oxygens (including phenoxy) is 3. The first kappa shape index (κ1) is 20.0. The summed E-state index contributed by atoms with van der Waals surface area (Å²) >= 11 is 1.40. The number of hydrogen-bond donors (Lipinski definition) is 1. The first-order chi connectivity index (χ1) is 15.1. The van der Waals surface area contributed by atoms with E-state index in [4.69, 9.17) is 14.2 Å². The molecular formula is C23H23N3O4S. The van der Waals surface area contributed by atoms with E-state index in [0.29, 0.717) is 23.7 Å². The van der Waals surface area contributed by atoms with Crippen LogP contribution >= 0.6 is 11.3 Å². The lowest BCUT2D eigenvalue weighted by Crippen LogP contribution is -2.29. The van der Waals surface area contributed by atoms with Gasteiger partial charge in [-0.1, -0.05) is 0 Å². The minimum Gasteiger partial charge on any atom is -0.456 e. The van der Waals surface area contributed by atoms with Crippen LogP contribution in [0.3, 0.4) is 0 Å². The maximum absolute atomic E-state index is 13.1. The zero-order chi connectivity index (χ0) is 21.5. The predicted octanol–water partition coefficient (Wildman–Crippen LogP) is 4.36. The molecule has 0 spiro atoms. The number of aromatic nitrogens is 2. The Morgan fingerprint density at radius 2 is 1.90 bits per heavy atom. The summed E-state index contributed by atoms with van der Waals surface area (Å²) in [6.07, 6.45) is 1.47. The second kappa shape index (κ2) is 7.96. The molecule has 1 amide bonds. The van der Waals surface area contributed by atoms with E-state index in [1.807, 2.05) is 37.3 Å². The van der Waals surface area contributed by atoms with Crippen LogP contribution in [-0.2, 0) is 9.47 Å². The number of benzene rings is 1. The van der Waals surface area contributed by atoms with Gasteiger partial charge in [-0.05, 0) is 37.3 Å². The number of nitrogens with zero attached hydrogens (tertiary/aromatic N) is 2. The average molecular weight is 438 g/mol. The number of carbonyl (C=O) groups is 1. The van der Waals surface area contributed by atoms with E-state index in [0.717, 1.165) is 32.6 Å². The molecule has 8 heteroatoms. The van der Waals surface area contributed by atoms with Crippen LogP contribution in [0, 0.1) is 6.92 Å². The number of nitrogens with one attached hydrogen (secondary N) is 1. The number of rotatable bonds is 5. The zero-order valence-corrected chi connectivity index (χ0v) is 18.4. The van der Waals surface area contributed by atoms with Crippen molar-refractivity contribution in [2.45, 2.75) is 19.1 Å². The van der Waals surface area contributed by atoms with E-state index in [2.05, 4.69) is 16.0 Å². The van der Waals surface area contributed by atoms with E-state index in [1.54, 1.807) is 25.3 Å². The second-order valence-corrected chi connectivity index (χ2v) is 8.75. The van der Waals surface area contributed by atoms with Crippen LogP contribution in [-0.4, -0.2) is 60.3 Å². The molecule has 4 heterocycles. The van der Waals surface area contributed by atoms with Gasteiger partial charge < -0.3 is 24.1 Å². The molecule has 160 valence electrons. The Bertz CT molecular complexity index is 1250. The maximum Gasteiger partial charge on any atom is 0.264 e. The number of H-pyrrole nitrogens is 1. The number of hydrogen-bond acceptors (Lipinski definition) is 6. The lowest BCUT2D eigenvalue weighted by atomic mass is 10.2. The third-order valence-corrected chi connectivity index (χ3v) is 6.78. The molecule has 0 unspecified atom stereocenters. The highest BCUT2D eigenvalue weighted by atomic mass is 32.1. The monoisotopic (exact) mass is 437 g/mol. The van der Waals surface area contributed by atoms with Gasteiger partial charge in [0.2, 0.25) is 0 Å². The van der Waals surface area contributed by atoms with Crippen molar-refractivity contribution in [3.05, 3.63) is 53.2 Å². The van der Waals surface area contributed by atoms with Crippen molar-refractivity contribution in [1.29, 1.82) is 0 Å². The van der Waals surface area contributed by atoms with E-state index < -0.39 is 0 Å². The number of amides is 1. The van der Waals surface area contributed by atoms with Crippen LogP contribution in [0.1, 0.15) is 15.4 Å². The molecule has 1 aromatic carbocycles. The van der Waals surface area contributed by atoms with Gasteiger partial charge in [-0.2, -0.15) is 0 Å². The van der Waals surface area contributed by atoms with Crippen molar-refractivity contribution in [2.24, 2.45) is 0 Å². The summed E-state index contributed by atoms with van der Waals surface area (Å²) in [6.45, 7) is 3.05. The number of carbonyl (C=O) groups excluding carboxylic acids is 1. The molecule has 0 bridgehead atoms. The van der Waals surface area contributed by atoms with E-state index >= 15 is 0 Å². The van der Waals surface area contributed by atoms with E-state index in [-0.39, 0.29) is 18.1 Å². The van der Waals surface area contributed by atoms with Crippen LogP contribution < -0.4 is 4.74 Å². The molecule has 0 radical (unpaired) electrons. The molecule has 3 aromatic heterocycles. The van der Waals surface area contributed by atoms with Crippen LogP contribution in [0.4, 0.5) is 0 Å². The fourth-order valence-corrected chi connectivity index (χ4v) is 5.10. The number of fused-ring (bicyclic) bond motifs is 2. The van der Waals surface area contributed by atoms with Crippen LogP contribution in [0.2, 0.25) is 0 Å². The number of pyridine rings is 1. The van der Waals surface area contributed by atoms with Crippen molar-refractivity contribution < 1.29 is 19.0 Å². The van der Waals surface area contributed by atoms with Crippen molar-refractivity contribution in [1.82, 2.24) is 14.9 Å². The van der Waals surface area contributed by atoms with Gasteiger partial charge in [-0.3, -0.25) is 9.78 Å². The Labute approximate surface area is 183 Å². The van der Waals surface area contributed by atoms with Crippen molar-refractivity contribution >= 4 is 38.4 Å². The number of likely N-dealkylation sites (tertiary alicyclic amines) is 1. The third kappa shape index (κ3) is 3.67. The largest absolute Gasteiger partial charge is 0.456 e. The SMILES string of the molecule is CO[C@@H]1CN(C(=O)c2cc3nccc(Oc4ccc5[nH]c(C)cc5c4)c3s2)C[C@H]1OC. The Hall–Kier alpha value is -2.94. The Balaban J connectivity index is 1.42. The van der Waals surface area contributed by atoms with Crippen molar-refractivity contribution in [3.8, 4) is 11.5 Å². The fourth-order valence-electron chi connectivity index (χ4n) is 4.07. The van der Waals surface area contributed by atoms with Crippen LogP contribution in [0.5, 0.6) is 11.5 Å². The van der Waals surface area contributed by atoms with Crippen molar-refractivity contribution in [2.75, 3.05) is 27.3 Å². The van der Waals surface area contributed by atoms with Gasteiger partial charge in [0, 0.05) is 56.2 Å². The summed E-state index contributed by atoms with van der Waals surface area (Å²) in [5.74, 6) is 1.39. The number of methoxy groups -OCH3 is 2. The topological polar surface area (TPSA) is 76.7 Å². The first-order valence-electron chi connectivity index (χ1n) is 10.1. The summed E-state index contributed by atoms with van der Waals surface area (Å²) in [6, 6.07) is 11.7. The zero-order valence-electron chi connectivity index (χ0n) is 17.5. The van der Waals surface area contributed by atoms with Gasteiger partial charge in [0.1, 0.15) is 23.7 Å². The highest BCUT2D eigenvalue weighted by Gasteiger charge is 2.36. The first-order valence-corrected chi connectivity index (χ1v) is 10.9. The molecule has 0 aliphatic carbocycles.